The minimum absolute atomic E-state index is 0.159. The number of likely N-dealkylation sites (tertiary alicyclic amines) is 1. The molecule has 0 atom stereocenters. The zero-order valence-electron chi connectivity index (χ0n) is 10.9. The molecule has 1 amide bonds. The molecule has 0 N–H and O–H groups in total. The van der Waals surface area contributed by atoms with Gasteiger partial charge in [0.2, 0.25) is 0 Å². The average molecular weight is 299 g/mol. The Labute approximate surface area is 118 Å². The third-order valence-corrected chi connectivity index (χ3v) is 2.83. The van der Waals surface area contributed by atoms with Crippen LogP contribution in [0.5, 0.6) is 0 Å². The molecule has 1 aliphatic heterocycles. The predicted molar refractivity (Wildman–Crippen MR) is 68.5 cm³/mol. The van der Waals surface area contributed by atoms with Crippen molar-refractivity contribution < 1.29 is 22.8 Å². The Morgan fingerprint density at radius 2 is 2.33 bits per heavy atom. The number of carbonyl (C=O) groups excluding carboxylic acids is 1. The van der Waals surface area contributed by atoms with Gasteiger partial charge >= 0.3 is 6.18 Å². The van der Waals surface area contributed by atoms with Crippen molar-refractivity contribution in [3.63, 3.8) is 0 Å². The van der Waals surface area contributed by atoms with Crippen molar-refractivity contribution in [2.24, 2.45) is 5.16 Å². The van der Waals surface area contributed by atoms with E-state index in [2.05, 4.69) is 16.7 Å². The molecule has 0 aromatic carbocycles. The molecule has 0 aliphatic carbocycles. The van der Waals surface area contributed by atoms with Gasteiger partial charge in [-0.05, 0) is 6.07 Å². The van der Waals surface area contributed by atoms with Gasteiger partial charge in [-0.2, -0.15) is 13.2 Å². The maximum atomic E-state index is 12.9. The second-order valence-corrected chi connectivity index (χ2v) is 4.22. The molecule has 0 unspecified atom stereocenters. The Balaban J connectivity index is 2.22. The summed E-state index contributed by atoms with van der Waals surface area (Å²) in [6.07, 6.45) is -0.776. The first-order valence-electron chi connectivity index (χ1n) is 6.08. The molecule has 1 aliphatic rings. The number of pyridine rings is 1. The van der Waals surface area contributed by atoms with Gasteiger partial charge in [0.25, 0.3) is 5.91 Å². The molecule has 8 heteroatoms. The van der Waals surface area contributed by atoms with Gasteiger partial charge in [0.05, 0.1) is 11.1 Å². The van der Waals surface area contributed by atoms with E-state index in [9.17, 15) is 18.0 Å². The van der Waals surface area contributed by atoms with Crippen molar-refractivity contribution in [2.75, 3.05) is 13.2 Å². The summed E-state index contributed by atoms with van der Waals surface area (Å²) < 4.78 is 38.6. The van der Waals surface area contributed by atoms with E-state index < -0.39 is 23.2 Å². The summed E-state index contributed by atoms with van der Waals surface area (Å²) in [5, 5.41) is 3.69. The summed E-state index contributed by atoms with van der Waals surface area (Å²) in [5.74, 6) is -0.499. The summed E-state index contributed by atoms with van der Waals surface area (Å²) in [7, 11) is 0. The van der Waals surface area contributed by atoms with E-state index in [1.807, 2.05) is 0 Å². The summed E-state index contributed by atoms with van der Waals surface area (Å²) in [4.78, 5) is 21.7. The number of rotatable bonds is 4. The molecule has 0 radical (unpaired) electrons. The number of amidine groups is 1. The van der Waals surface area contributed by atoms with Crippen LogP contribution in [0.2, 0.25) is 0 Å². The van der Waals surface area contributed by atoms with Crippen molar-refractivity contribution in [2.45, 2.75) is 12.6 Å². The summed E-state index contributed by atoms with van der Waals surface area (Å²) in [5.41, 5.74) is -1.51. The van der Waals surface area contributed by atoms with Gasteiger partial charge in [-0.15, -0.1) is 0 Å². The van der Waals surface area contributed by atoms with E-state index in [1.165, 1.54) is 6.08 Å². The van der Waals surface area contributed by atoms with E-state index in [-0.39, 0.29) is 6.61 Å². The van der Waals surface area contributed by atoms with Crippen molar-refractivity contribution >= 4 is 11.7 Å². The van der Waals surface area contributed by atoms with Crippen LogP contribution in [-0.2, 0) is 11.0 Å². The molecular weight excluding hydrogens is 287 g/mol. The molecule has 2 heterocycles. The average Bonchev–Trinajstić information content (AvgIpc) is 2.41. The van der Waals surface area contributed by atoms with Crippen LogP contribution in [0, 0.1) is 0 Å². The van der Waals surface area contributed by atoms with Gasteiger partial charge in [0.1, 0.15) is 6.61 Å². The van der Waals surface area contributed by atoms with Crippen LogP contribution < -0.4 is 0 Å². The zero-order valence-corrected chi connectivity index (χ0v) is 10.9. The minimum Gasteiger partial charge on any atom is -0.390 e. The summed E-state index contributed by atoms with van der Waals surface area (Å²) >= 11 is 0. The topological polar surface area (TPSA) is 54.8 Å². The van der Waals surface area contributed by atoms with E-state index >= 15 is 0 Å². The highest BCUT2D eigenvalue weighted by molar-refractivity contribution is 6.09. The second kappa shape index (κ2) is 5.94. The van der Waals surface area contributed by atoms with Gasteiger partial charge in [0.15, 0.2) is 5.84 Å². The number of halogens is 3. The van der Waals surface area contributed by atoms with Gasteiger partial charge in [-0.1, -0.05) is 17.8 Å². The normalized spacial score (nSPS) is 16.5. The highest BCUT2D eigenvalue weighted by Crippen LogP contribution is 2.32. The van der Waals surface area contributed by atoms with Crippen LogP contribution in [-0.4, -0.2) is 34.8 Å². The number of aromatic nitrogens is 1. The summed E-state index contributed by atoms with van der Waals surface area (Å²) in [6.45, 7) is 3.89. The molecule has 1 fully saturated rings. The molecular formula is C13H12F3N3O2. The molecule has 0 saturated carbocycles. The Morgan fingerprint density at radius 3 is 2.90 bits per heavy atom. The molecule has 21 heavy (non-hydrogen) atoms. The third-order valence-electron chi connectivity index (χ3n) is 2.83. The minimum atomic E-state index is -4.62. The van der Waals surface area contributed by atoms with Gasteiger partial charge < -0.3 is 4.84 Å². The Morgan fingerprint density at radius 1 is 1.57 bits per heavy atom. The standard InChI is InChI=1S/C13H12F3N3O2/c1-2-7-21-18-11-4-6-19(11)12(20)9-8-17-5-3-10(9)13(14,15)16/h2-3,5,8H,1,4,6-7H2. The van der Waals surface area contributed by atoms with Gasteiger partial charge in [0, 0.05) is 25.4 Å². The molecule has 112 valence electrons. The van der Waals surface area contributed by atoms with Gasteiger partial charge in [-0.25, -0.2) is 0 Å². The number of hydrogen-bond donors (Lipinski definition) is 0. The lowest BCUT2D eigenvalue weighted by atomic mass is 10.1. The van der Waals surface area contributed by atoms with Crippen molar-refractivity contribution in [1.29, 1.82) is 0 Å². The molecule has 1 aromatic heterocycles. The largest absolute Gasteiger partial charge is 0.417 e. The fourth-order valence-electron chi connectivity index (χ4n) is 1.76. The highest BCUT2D eigenvalue weighted by atomic mass is 19.4. The first-order chi connectivity index (χ1) is 9.95. The third kappa shape index (κ3) is 3.21. The fourth-order valence-corrected chi connectivity index (χ4v) is 1.76. The quantitative estimate of drug-likeness (QED) is 0.487. The highest BCUT2D eigenvalue weighted by Gasteiger charge is 2.38. The molecule has 1 saturated heterocycles. The number of hydrogen-bond acceptors (Lipinski definition) is 4. The number of amides is 1. The lowest BCUT2D eigenvalue weighted by molar-refractivity contribution is -0.138. The molecule has 0 spiro atoms. The van der Waals surface area contributed by atoms with E-state index in [0.29, 0.717) is 18.8 Å². The Kier molecular flexibility index (Phi) is 4.25. The molecule has 1 aromatic rings. The first kappa shape index (κ1) is 15.0. The van der Waals surface area contributed by atoms with Gasteiger partial charge in [-0.3, -0.25) is 14.7 Å². The van der Waals surface area contributed by atoms with Crippen LogP contribution in [0.25, 0.3) is 0 Å². The monoisotopic (exact) mass is 299 g/mol. The molecule has 5 nitrogen and oxygen atoms in total. The Bertz CT molecular complexity index is 584. The number of oxime groups is 1. The Hall–Kier alpha value is -2.38. The van der Waals surface area contributed by atoms with Crippen LogP contribution in [0.3, 0.4) is 0 Å². The maximum absolute atomic E-state index is 12.9. The lowest BCUT2D eigenvalue weighted by Gasteiger charge is -2.32. The SMILES string of the molecule is C=CCON=C1CCN1C(=O)c1cnccc1C(F)(F)F. The summed E-state index contributed by atoms with van der Waals surface area (Å²) in [6, 6.07) is 0.776. The van der Waals surface area contributed by atoms with E-state index in [0.717, 1.165) is 23.4 Å². The lowest BCUT2D eigenvalue weighted by Crippen LogP contribution is -2.48. The van der Waals surface area contributed by atoms with Crippen LogP contribution in [0.1, 0.15) is 22.3 Å². The number of carbonyl (C=O) groups is 1. The smallest absolute Gasteiger partial charge is 0.390 e. The van der Waals surface area contributed by atoms with Crippen molar-refractivity contribution in [3.8, 4) is 0 Å². The predicted octanol–water partition coefficient (Wildman–Crippen LogP) is 2.46. The van der Waals surface area contributed by atoms with Crippen LogP contribution >= 0.6 is 0 Å². The van der Waals surface area contributed by atoms with Crippen molar-refractivity contribution in [3.05, 3.63) is 42.2 Å². The second-order valence-electron chi connectivity index (χ2n) is 4.22. The fraction of sp³-hybridized carbons (Fsp3) is 0.308. The van der Waals surface area contributed by atoms with Crippen molar-refractivity contribution in [1.82, 2.24) is 9.88 Å². The zero-order chi connectivity index (χ0) is 15.5. The first-order valence-corrected chi connectivity index (χ1v) is 6.08. The van der Waals surface area contributed by atoms with E-state index in [4.69, 9.17) is 4.84 Å². The molecule has 0 bridgehead atoms. The molecule has 2 rings (SSSR count). The maximum Gasteiger partial charge on any atom is 0.417 e. The van der Waals surface area contributed by atoms with Crippen LogP contribution in [0.4, 0.5) is 13.2 Å². The number of alkyl halides is 3. The van der Waals surface area contributed by atoms with Crippen LogP contribution in [0.15, 0.2) is 36.3 Å². The number of nitrogens with zero attached hydrogens (tertiary/aromatic N) is 3. The van der Waals surface area contributed by atoms with E-state index in [1.54, 1.807) is 0 Å².